The van der Waals surface area contributed by atoms with Crippen molar-refractivity contribution < 1.29 is 45.1 Å². The summed E-state index contributed by atoms with van der Waals surface area (Å²) in [6.45, 7) is 5.59. The van der Waals surface area contributed by atoms with Gasteiger partial charge in [0.25, 0.3) is 20.2 Å². The van der Waals surface area contributed by atoms with E-state index < -0.39 is 58.4 Å². The molecule has 6 N–H and O–H groups in total. The zero-order chi connectivity index (χ0) is 29.4. The van der Waals surface area contributed by atoms with Gasteiger partial charge in [-0.1, -0.05) is 32.9 Å². The van der Waals surface area contributed by atoms with Crippen molar-refractivity contribution in [1.29, 1.82) is 5.41 Å². The van der Waals surface area contributed by atoms with Crippen molar-refractivity contribution in [3.63, 3.8) is 0 Å². The van der Waals surface area contributed by atoms with E-state index in [1.807, 2.05) is 13.8 Å². The van der Waals surface area contributed by atoms with E-state index in [2.05, 4.69) is 0 Å². The topological polar surface area (TPSA) is 226 Å². The first-order chi connectivity index (χ1) is 18.2. The summed E-state index contributed by atoms with van der Waals surface area (Å²) in [5.74, 6) is -2.49. The highest BCUT2D eigenvalue weighted by Gasteiger charge is 2.31. The van der Waals surface area contributed by atoms with E-state index in [9.17, 15) is 40.6 Å². The highest BCUT2D eigenvalue weighted by molar-refractivity contribution is 7.86. The zero-order valence-corrected chi connectivity index (χ0v) is 22.5. The lowest BCUT2D eigenvalue weighted by Crippen LogP contribution is -2.16. The molecule has 0 radical (unpaired) electrons. The van der Waals surface area contributed by atoms with Crippen LogP contribution in [0.25, 0.3) is 33.4 Å². The van der Waals surface area contributed by atoms with Crippen molar-refractivity contribution in [2.75, 3.05) is 5.73 Å². The summed E-state index contributed by atoms with van der Waals surface area (Å²) in [5, 5.41) is 17.1. The zero-order valence-electron chi connectivity index (χ0n) is 20.8. The van der Waals surface area contributed by atoms with E-state index in [1.54, 1.807) is 6.92 Å². The second-order valence-electron chi connectivity index (χ2n) is 7.95. The molecule has 0 atom stereocenters. The molecule has 39 heavy (non-hydrogen) atoms. The molecule has 0 saturated heterocycles. The van der Waals surface area contributed by atoms with Crippen molar-refractivity contribution in [2.24, 2.45) is 0 Å². The molecule has 0 amide bonds. The first-order valence-corrected chi connectivity index (χ1v) is 14.3. The number of hydrogen-bond donors (Lipinski definition) is 5. The molecule has 0 bridgehead atoms. The molecule has 2 aromatic rings. The average molecular weight is 577 g/mol. The molecule has 2 aliphatic rings. The van der Waals surface area contributed by atoms with Crippen LogP contribution in [0.15, 0.2) is 56.7 Å². The van der Waals surface area contributed by atoms with Crippen LogP contribution in [-0.4, -0.2) is 42.8 Å². The molecule has 0 aromatic heterocycles. The van der Waals surface area contributed by atoms with E-state index in [4.69, 9.17) is 15.6 Å². The number of carboxylic acid groups (broad SMARTS) is 1. The van der Waals surface area contributed by atoms with Gasteiger partial charge in [0.05, 0.1) is 16.6 Å². The van der Waals surface area contributed by atoms with E-state index in [-0.39, 0.29) is 45.4 Å². The molecule has 12 nitrogen and oxygen atoms in total. The van der Waals surface area contributed by atoms with Crippen LogP contribution in [0, 0.1) is 5.41 Å². The number of anilines is 1. The summed E-state index contributed by atoms with van der Waals surface area (Å²) in [6.07, 6.45) is 0.0927. The van der Waals surface area contributed by atoms with Crippen molar-refractivity contribution in [3.05, 3.63) is 58.9 Å². The Morgan fingerprint density at radius 1 is 0.923 bits per heavy atom. The summed E-state index contributed by atoms with van der Waals surface area (Å²) in [5.41, 5.74) is 4.10. The fraction of sp³-hybridized carbons (Fsp3) is 0.160. The van der Waals surface area contributed by atoms with E-state index in [0.717, 1.165) is 18.2 Å². The molecule has 1 aliphatic carbocycles. The molecule has 4 rings (SSSR count). The number of carbonyl (C=O) groups is 2. The lowest BCUT2D eigenvalue weighted by molar-refractivity contribution is 0.0697. The second kappa shape index (κ2) is 10.6. The van der Waals surface area contributed by atoms with Crippen LogP contribution in [0.3, 0.4) is 0 Å². The predicted molar refractivity (Wildman–Crippen MR) is 141 cm³/mol. The number of rotatable bonds is 6. The quantitative estimate of drug-likeness (QED) is 0.0950. The predicted octanol–water partition coefficient (Wildman–Crippen LogP) is 4.08. The first kappa shape index (κ1) is 29.4. The monoisotopic (exact) mass is 576 g/mol. The number of nitrogen functional groups attached to an aromatic ring is 1. The molecule has 0 unspecified atom stereocenters. The van der Waals surface area contributed by atoms with Crippen molar-refractivity contribution in [2.45, 2.75) is 37.0 Å². The molecule has 14 heteroatoms. The highest BCUT2D eigenvalue weighted by atomic mass is 32.2. The van der Waals surface area contributed by atoms with Gasteiger partial charge < -0.3 is 15.3 Å². The molecule has 206 valence electrons. The summed E-state index contributed by atoms with van der Waals surface area (Å²) in [4.78, 5) is 22.5. The summed E-state index contributed by atoms with van der Waals surface area (Å²) in [6, 6.07) is 8.39. The Hall–Kier alpha value is -4.11. The van der Waals surface area contributed by atoms with Crippen LogP contribution in [0.5, 0.6) is 0 Å². The number of fused-ring (bicyclic) bond motifs is 2. The largest absolute Gasteiger partial charge is 0.478 e. The minimum absolute atomic E-state index is 0.0704. The SMILES string of the molecule is CC.CCC(=O)c1ccc(-c2c3ccc(=N)c(S(=O)(=O)O)c-3oc3c(S(=O)(=O)O)c(N)ccc23)c(C(=O)O)c1. The van der Waals surface area contributed by atoms with Gasteiger partial charge >= 0.3 is 5.97 Å². The summed E-state index contributed by atoms with van der Waals surface area (Å²) >= 11 is 0. The molecule has 0 fully saturated rings. The standard InChI is InChI=1S/C23H18N2O10S2.C2H6/c1-2-17(26)10-3-4-11(14(9-10)23(27)28)18-12-5-7-15(24)21(36(29,30)31)19(12)35-20-13(18)6-8-16(25)22(20)37(32,33)34;1-2/h3-9,24H,2,25H2,1H3,(H,27,28)(H,29,30,31)(H,32,33,34);1-2H3. The van der Waals surface area contributed by atoms with E-state index in [1.165, 1.54) is 24.3 Å². The number of Topliss-reactive ketones (excluding diaryl/α,β-unsaturated/α-hetero) is 1. The lowest BCUT2D eigenvalue weighted by atomic mass is 9.89. The lowest BCUT2D eigenvalue weighted by Gasteiger charge is -2.20. The third kappa shape index (κ3) is 5.27. The van der Waals surface area contributed by atoms with E-state index >= 15 is 0 Å². The van der Waals surface area contributed by atoms with Gasteiger partial charge in [-0.2, -0.15) is 16.8 Å². The normalized spacial score (nSPS) is 11.7. The summed E-state index contributed by atoms with van der Waals surface area (Å²) in [7, 11) is -10.2. The number of carbonyl (C=O) groups excluding carboxylic acids is 1. The Kier molecular flexibility index (Phi) is 7.98. The molecular formula is C25H24N2O10S2. The smallest absolute Gasteiger partial charge is 0.336 e. The van der Waals surface area contributed by atoms with Crippen molar-refractivity contribution >= 4 is 48.6 Å². The van der Waals surface area contributed by atoms with Gasteiger partial charge in [-0.05, 0) is 35.9 Å². The third-order valence-corrected chi connectivity index (χ3v) is 7.53. The van der Waals surface area contributed by atoms with Crippen LogP contribution in [0.4, 0.5) is 5.69 Å². The van der Waals surface area contributed by atoms with Gasteiger partial charge in [-0.25, -0.2) is 4.79 Å². The van der Waals surface area contributed by atoms with Gasteiger partial charge in [-0.3, -0.25) is 19.3 Å². The Morgan fingerprint density at radius 2 is 1.51 bits per heavy atom. The number of nitrogens with one attached hydrogen (secondary N) is 1. The second-order valence-corrected chi connectivity index (χ2v) is 10.7. The third-order valence-electron chi connectivity index (χ3n) is 5.68. The van der Waals surface area contributed by atoms with Crippen LogP contribution < -0.4 is 11.1 Å². The van der Waals surface area contributed by atoms with Crippen LogP contribution >= 0.6 is 0 Å². The average Bonchev–Trinajstić information content (AvgIpc) is 2.85. The maximum Gasteiger partial charge on any atom is 0.336 e. The number of carboxylic acids is 1. The number of ketones is 1. The van der Waals surface area contributed by atoms with Gasteiger partial charge in [0, 0.05) is 28.5 Å². The van der Waals surface area contributed by atoms with Crippen molar-refractivity contribution in [1.82, 2.24) is 0 Å². The molecule has 1 heterocycles. The van der Waals surface area contributed by atoms with Crippen LogP contribution in [-0.2, 0) is 20.2 Å². The maximum atomic E-state index is 12.2. The van der Waals surface area contributed by atoms with Gasteiger partial charge in [-0.15, -0.1) is 0 Å². The van der Waals surface area contributed by atoms with E-state index in [0.29, 0.717) is 0 Å². The number of aromatic carboxylic acids is 1. The summed E-state index contributed by atoms with van der Waals surface area (Å²) < 4.78 is 74.0. The minimum Gasteiger partial charge on any atom is -0.478 e. The highest BCUT2D eigenvalue weighted by Crippen LogP contribution is 2.45. The number of benzene rings is 3. The van der Waals surface area contributed by atoms with Crippen molar-refractivity contribution in [3.8, 4) is 22.5 Å². The van der Waals surface area contributed by atoms with Gasteiger partial charge in [0.2, 0.25) is 0 Å². The Bertz CT molecular complexity index is 1890. The maximum absolute atomic E-state index is 12.2. The Balaban J connectivity index is 0.00000205. The molecule has 2 aromatic carbocycles. The fourth-order valence-corrected chi connectivity index (χ4v) is 5.60. The Morgan fingerprint density at radius 3 is 2.05 bits per heavy atom. The van der Waals surface area contributed by atoms with Gasteiger partial charge in [0.15, 0.2) is 26.9 Å². The Labute approximate surface area is 223 Å². The molecule has 1 aliphatic heterocycles. The first-order valence-electron chi connectivity index (χ1n) is 11.4. The molecule has 0 saturated carbocycles. The number of nitrogens with two attached hydrogens (primary N) is 1. The van der Waals surface area contributed by atoms with Crippen LogP contribution in [0.1, 0.15) is 47.9 Å². The minimum atomic E-state index is -5.12. The number of hydrogen-bond acceptors (Lipinski definition) is 9. The van der Waals surface area contributed by atoms with Crippen LogP contribution in [0.2, 0.25) is 0 Å². The fourth-order valence-electron chi connectivity index (χ4n) is 4.11. The molecule has 0 spiro atoms. The molecular weight excluding hydrogens is 552 g/mol. The van der Waals surface area contributed by atoms with Gasteiger partial charge in [0.1, 0.15) is 0 Å².